The van der Waals surface area contributed by atoms with Crippen molar-refractivity contribution in [1.29, 1.82) is 0 Å². The van der Waals surface area contributed by atoms with E-state index < -0.39 is 18.9 Å². The summed E-state index contributed by atoms with van der Waals surface area (Å²) in [5.74, 6) is 0.244. The third-order valence-electron chi connectivity index (χ3n) is 3.69. The van der Waals surface area contributed by atoms with Gasteiger partial charge in [0.05, 0.1) is 18.2 Å². The lowest BCUT2D eigenvalue weighted by Crippen LogP contribution is -2.56. The van der Waals surface area contributed by atoms with E-state index in [2.05, 4.69) is 20.0 Å². The number of likely N-dealkylation sites (tertiary alicyclic amines) is 1. The van der Waals surface area contributed by atoms with E-state index in [0.717, 1.165) is 5.39 Å². The minimum atomic E-state index is -4.36. The predicted molar refractivity (Wildman–Crippen MR) is 85.4 cm³/mol. The normalized spacial score (nSPS) is 15.3. The Kier molecular flexibility index (Phi) is 4.96. The van der Waals surface area contributed by atoms with Crippen LogP contribution in [0.5, 0.6) is 0 Å². The van der Waals surface area contributed by atoms with Crippen molar-refractivity contribution in [3.63, 3.8) is 0 Å². The van der Waals surface area contributed by atoms with Gasteiger partial charge in [-0.3, -0.25) is 4.79 Å². The van der Waals surface area contributed by atoms with E-state index in [-0.39, 0.29) is 25.5 Å². The molecule has 1 fully saturated rings. The van der Waals surface area contributed by atoms with E-state index in [1.807, 2.05) is 0 Å². The second kappa shape index (κ2) is 7.01. The lowest BCUT2D eigenvalue weighted by Gasteiger charge is -2.39. The number of hydrogen-bond donors (Lipinski definition) is 1. The quantitative estimate of drug-likeness (QED) is 0.871. The molecule has 1 aliphatic heterocycles. The lowest BCUT2D eigenvalue weighted by atomic mass is 10.1. The number of fused-ring (bicyclic) bond motifs is 1. The van der Waals surface area contributed by atoms with Gasteiger partial charge < -0.3 is 15.0 Å². The van der Waals surface area contributed by atoms with Gasteiger partial charge in [0.25, 0.3) is 0 Å². The Bertz CT molecular complexity index is 781. The molecule has 3 rings (SSSR count). The Labute approximate surface area is 145 Å². The highest BCUT2D eigenvalue weighted by atomic mass is 35.5. The molecule has 0 bridgehead atoms. The number of anilines is 1. The molecule has 1 saturated heterocycles. The number of carbonyl (C=O) groups is 1. The molecule has 0 radical (unpaired) electrons. The summed E-state index contributed by atoms with van der Waals surface area (Å²) in [5, 5.41) is 4.18. The number of rotatable bonds is 5. The first-order chi connectivity index (χ1) is 11.8. The molecule has 1 aromatic carbocycles. The highest BCUT2D eigenvalue weighted by Gasteiger charge is 2.35. The van der Waals surface area contributed by atoms with E-state index in [4.69, 9.17) is 11.6 Å². The van der Waals surface area contributed by atoms with Crippen molar-refractivity contribution < 1.29 is 22.7 Å². The van der Waals surface area contributed by atoms with E-state index >= 15 is 0 Å². The molecule has 0 atom stereocenters. The van der Waals surface area contributed by atoms with E-state index in [1.165, 1.54) is 11.2 Å². The molecule has 10 heteroatoms. The number of amides is 1. The van der Waals surface area contributed by atoms with Gasteiger partial charge in [0, 0.05) is 23.5 Å². The summed E-state index contributed by atoms with van der Waals surface area (Å²) in [6.45, 7) is -1.03. The maximum absolute atomic E-state index is 12.1. The molecular weight excluding hydrogens is 361 g/mol. The number of alkyl halides is 3. The first-order valence-corrected chi connectivity index (χ1v) is 7.80. The molecule has 0 unspecified atom stereocenters. The van der Waals surface area contributed by atoms with Crippen molar-refractivity contribution in [3.05, 3.63) is 29.5 Å². The Morgan fingerprint density at radius 3 is 2.84 bits per heavy atom. The van der Waals surface area contributed by atoms with Gasteiger partial charge in [-0.1, -0.05) is 11.6 Å². The van der Waals surface area contributed by atoms with Gasteiger partial charge in [-0.15, -0.1) is 0 Å². The van der Waals surface area contributed by atoms with Gasteiger partial charge in [0.15, 0.2) is 0 Å². The molecule has 1 aromatic heterocycles. The molecule has 134 valence electrons. The fraction of sp³-hybridized carbons (Fsp3) is 0.400. The second-order valence-corrected chi connectivity index (χ2v) is 6.02. The number of benzene rings is 1. The number of carbonyl (C=O) groups excluding carboxylic acids is 1. The van der Waals surface area contributed by atoms with Crippen molar-refractivity contribution in [3.8, 4) is 0 Å². The highest BCUT2D eigenvalue weighted by Crippen LogP contribution is 2.23. The molecule has 6 nitrogen and oxygen atoms in total. The van der Waals surface area contributed by atoms with Crippen molar-refractivity contribution >= 4 is 34.2 Å². The Morgan fingerprint density at radius 2 is 2.12 bits per heavy atom. The Morgan fingerprint density at radius 1 is 1.36 bits per heavy atom. The maximum Gasteiger partial charge on any atom is 0.411 e. The van der Waals surface area contributed by atoms with Crippen LogP contribution in [-0.2, 0) is 9.53 Å². The van der Waals surface area contributed by atoms with Gasteiger partial charge in [-0.2, -0.15) is 13.2 Å². The monoisotopic (exact) mass is 374 g/mol. The Balaban J connectivity index is 1.51. The summed E-state index contributed by atoms with van der Waals surface area (Å²) in [5.41, 5.74) is 0.641. The second-order valence-electron chi connectivity index (χ2n) is 5.58. The average molecular weight is 375 g/mol. The van der Waals surface area contributed by atoms with Crippen LogP contribution in [0.3, 0.4) is 0 Å². The first kappa shape index (κ1) is 17.7. The predicted octanol–water partition coefficient (Wildman–Crippen LogP) is 2.48. The number of nitrogens with zero attached hydrogens (tertiary/aromatic N) is 3. The molecule has 1 aliphatic rings. The summed E-state index contributed by atoms with van der Waals surface area (Å²) in [6, 6.07) is 5.12. The zero-order valence-electron chi connectivity index (χ0n) is 12.9. The van der Waals surface area contributed by atoms with Gasteiger partial charge in [0.2, 0.25) is 5.91 Å². The van der Waals surface area contributed by atoms with Crippen LogP contribution >= 0.6 is 11.6 Å². The zero-order chi connectivity index (χ0) is 18.0. The van der Waals surface area contributed by atoms with E-state index in [9.17, 15) is 18.0 Å². The minimum Gasteiger partial charge on any atom is -0.365 e. The summed E-state index contributed by atoms with van der Waals surface area (Å²) in [7, 11) is 0. The van der Waals surface area contributed by atoms with Gasteiger partial charge in [-0.25, -0.2) is 9.97 Å². The van der Waals surface area contributed by atoms with Crippen LogP contribution in [0, 0.1) is 0 Å². The third-order valence-corrected chi connectivity index (χ3v) is 3.92. The largest absolute Gasteiger partial charge is 0.411 e. The summed E-state index contributed by atoms with van der Waals surface area (Å²) in [6.07, 6.45) is -3.58. The zero-order valence-corrected chi connectivity index (χ0v) is 13.6. The fourth-order valence-electron chi connectivity index (χ4n) is 2.40. The number of hydrogen-bond acceptors (Lipinski definition) is 5. The van der Waals surface area contributed by atoms with E-state index in [0.29, 0.717) is 16.4 Å². The molecular formula is C15H14ClF3N4O2. The van der Waals surface area contributed by atoms with Crippen LogP contribution in [-0.4, -0.2) is 59.3 Å². The smallest absolute Gasteiger partial charge is 0.365 e. The van der Waals surface area contributed by atoms with Crippen molar-refractivity contribution in [2.24, 2.45) is 0 Å². The minimum absolute atomic E-state index is 0.0271. The molecule has 2 heterocycles. The maximum atomic E-state index is 12.1. The Hall–Kier alpha value is -2.13. The topological polar surface area (TPSA) is 67.4 Å². The SMILES string of the molecule is O=C(CNc1ncnc2cc(Cl)ccc12)N1CC(OCC(F)(F)F)C1. The van der Waals surface area contributed by atoms with Crippen LogP contribution in [0.4, 0.5) is 19.0 Å². The van der Waals surface area contributed by atoms with Crippen molar-refractivity contribution in [1.82, 2.24) is 14.9 Å². The van der Waals surface area contributed by atoms with Crippen LogP contribution in [0.15, 0.2) is 24.5 Å². The molecule has 1 amide bonds. The van der Waals surface area contributed by atoms with E-state index in [1.54, 1.807) is 18.2 Å². The first-order valence-electron chi connectivity index (χ1n) is 7.42. The van der Waals surface area contributed by atoms with Gasteiger partial charge >= 0.3 is 6.18 Å². The standard InChI is InChI=1S/C15H14ClF3N4O2/c16-9-1-2-11-12(3-9)21-8-22-14(11)20-4-13(24)23-5-10(6-23)25-7-15(17,18)19/h1-3,8,10H,4-7H2,(H,20,21,22). The van der Waals surface area contributed by atoms with Crippen LogP contribution in [0.1, 0.15) is 0 Å². The lowest BCUT2D eigenvalue weighted by molar-refractivity contribution is -0.199. The van der Waals surface area contributed by atoms with Crippen LogP contribution in [0.25, 0.3) is 10.9 Å². The number of aromatic nitrogens is 2. The van der Waals surface area contributed by atoms with Crippen molar-refractivity contribution in [2.75, 3.05) is 31.6 Å². The third kappa shape index (κ3) is 4.49. The van der Waals surface area contributed by atoms with Crippen LogP contribution in [0.2, 0.25) is 5.02 Å². The van der Waals surface area contributed by atoms with Crippen molar-refractivity contribution in [2.45, 2.75) is 12.3 Å². The molecule has 25 heavy (non-hydrogen) atoms. The molecule has 1 N–H and O–H groups in total. The van der Waals surface area contributed by atoms with Crippen LogP contribution < -0.4 is 5.32 Å². The molecule has 2 aromatic rings. The summed E-state index contributed by atoms with van der Waals surface area (Å²) >= 11 is 5.91. The number of ether oxygens (including phenoxy) is 1. The summed E-state index contributed by atoms with van der Waals surface area (Å²) < 4.78 is 40.9. The number of halogens is 4. The fourth-order valence-corrected chi connectivity index (χ4v) is 2.57. The van der Waals surface area contributed by atoms with Gasteiger partial charge in [-0.05, 0) is 18.2 Å². The van der Waals surface area contributed by atoms with Gasteiger partial charge in [0.1, 0.15) is 18.8 Å². The average Bonchev–Trinajstić information content (AvgIpc) is 2.49. The molecule has 0 aliphatic carbocycles. The number of nitrogens with one attached hydrogen (secondary N) is 1. The molecule has 0 saturated carbocycles. The highest BCUT2D eigenvalue weighted by molar-refractivity contribution is 6.31. The summed E-state index contributed by atoms with van der Waals surface area (Å²) in [4.78, 5) is 21.7. The molecule has 0 spiro atoms.